The molecule has 0 aliphatic carbocycles. The predicted octanol–water partition coefficient (Wildman–Crippen LogP) is 4.32. The summed E-state index contributed by atoms with van der Waals surface area (Å²) in [6, 6.07) is 13.4. The second-order valence-electron chi connectivity index (χ2n) is 5.38. The highest BCUT2D eigenvalue weighted by Crippen LogP contribution is 2.29. The van der Waals surface area contributed by atoms with Crippen molar-refractivity contribution in [1.82, 2.24) is 5.32 Å². The van der Waals surface area contributed by atoms with Crippen molar-refractivity contribution in [1.29, 1.82) is 0 Å². The van der Waals surface area contributed by atoms with Crippen LogP contribution in [0.5, 0.6) is 5.75 Å². The second kappa shape index (κ2) is 10.0. The zero-order valence-corrected chi connectivity index (χ0v) is 15.6. The Morgan fingerprint density at radius 3 is 2.64 bits per heavy atom. The van der Waals surface area contributed by atoms with E-state index >= 15 is 0 Å². The Morgan fingerprint density at radius 1 is 1.24 bits per heavy atom. The molecule has 0 atom stereocenters. The SMILES string of the molecule is C#CCOc1ccc(CCC(=O)NCc2ccc(Cl)cc2)cc1SC. The Kier molecular flexibility index (Phi) is 7.72. The molecule has 2 aromatic rings. The zero-order chi connectivity index (χ0) is 18.1. The van der Waals surface area contributed by atoms with Crippen LogP contribution in [0.2, 0.25) is 5.02 Å². The Bertz CT molecular complexity index is 753. The van der Waals surface area contributed by atoms with E-state index in [2.05, 4.69) is 11.2 Å². The fraction of sp³-hybridized carbons (Fsp3) is 0.250. The maximum Gasteiger partial charge on any atom is 0.220 e. The number of aryl methyl sites for hydroxylation is 1. The average molecular weight is 374 g/mol. The van der Waals surface area contributed by atoms with Gasteiger partial charge in [-0.3, -0.25) is 4.79 Å². The van der Waals surface area contributed by atoms with E-state index in [-0.39, 0.29) is 12.5 Å². The van der Waals surface area contributed by atoms with Gasteiger partial charge >= 0.3 is 0 Å². The maximum atomic E-state index is 12.0. The van der Waals surface area contributed by atoms with Crippen LogP contribution in [-0.2, 0) is 17.8 Å². The van der Waals surface area contributed by atoms with Gasteiger partial charge in [0.15, 0.2) is 0 Å². The van der Waals surface area contributed by atoms with Crippen LogP contribution in [-0.4, -0.2) is 18.8 Å². The van der Waals surface area contributed by atoms with Gasteiger partial charge < -0.3 is 10.1 Å². The molecule has 2 aromatic carbocycles. The topological polar surface area (TPSA) is 38.3 Å². The monoisotopic (exact) mass is 373 g/mol. The van der Waals surface area contributed by atoms with Crippen LogP contribution in [0.15, 0.2) is 47.4 Å². The van der Waals surface area contributed by atoms with Gasteiger partial charge in [-0.1, -0.05) is 35.7 Å². The molecule has 0 aromatic heterocycles. The van der Waals surface area contributed by atoms with E-state index < -0.39 is 0 Å². The summed E-state index contributed by atoms with van der Waals surface area (Å²) in [5, 5.41) is 3.61. The highest BCUT2D eigenvalue weighted by atomic mass is 35.5. The van der Waals surface area contributed by atoms with Gasteiger partial charge in [0.25, 0.3) is 0 Å². The maximum absolute atomic E-state index is 12.0. The first-order valence-electron chi connectivity index (χ1n) is 7.86. The first kappa shape index (κ1) is 19.2. The van der Waals surface area contributed by atoms with Crippen LogP contribution in [0.25, 0.3) is 0 Å². The lowest BCUT2D eigenvalue weighted by molar-refractivity contribution is -0.121. The van der Waals surface area contributed by atoms with Crippen molar-refractivity contribution in [3.8, 4) is 18.1 Å². The summed E-state index contributed by atoms with van der Waals surface area (Å²) in [5.41, 5.74) is 2.12. The molecule has 0 spiro atoms. The normalized spacial score (nSPS) is 10.1. The summed E-state index contributed by atoms with van der Waals surface area (Å²) in [4.78, 5) is 13.1. The molecule has 0 saturated carbocycles. The highest BCUT2D eigenvalue weighted by Gasteiger charge is 2.07. The Balaban J connectivity index is 1.84. The molecule has 3 nitrogen and oxygen atoms in total. The van der Waals surface area contributed by atoms with E-state index in [4.69, 9.17) is 22.8 Å². The first-order chi connectivity index (χ1) is 12.1. The van der Waals surface area contributed by atoms with Gasteiger partial charge in [0, 0.05) is 22.9 Å². The lowest BCUT2D eigenvalue weighted by Crippen LogP contribution is -2.22. The van der Waals surface area contributed by atoms with Gasteiger partial charge in [-0.2, -0.15) is 0 Å². The number of ether oxygens (including phenoxy) is 1. The molecule has 1 N–H and O–H groups in total. The van der Waals surface area contributed by atoms with Gasteiger partial charge in [0.05, 0.1) is 0 Å². The number of rotatable bonds is 8. The number of benzene rings is 2. The lowest BCUT2D eigenvalue weighted by atomic mass is 10.1. The lowest BCUT2D eigenvalue weighted by Gasteiger charge is -2.10. The van der Waals surface area contributed by atoms with Crippen LogP contribution in [0.4, 0.5) is 0 Å². The molecule has 0 radical (unpaired) electrons. The molecule has 0 saturated heterocycles. The van der Waals surface area contributed by atoms with Crippen LogP contribution in [0, 0.1) is 12.3 Å². The van der Waals surface area contributed by atoms with E-state index in [1.165, 1.54) is 0 Å². The Labute approximate surface area is 158 Å². The molecule has 0 fully saturated rings. The van der Waals surface area contributed by atoms with E-state index in [0.29, 0.717) is 24.4 Å². The minimum atomic E-state index is 0.0216. The number of hydrogen-bond acceptors (Lipinski definition) is 3. The number of hydrogen-bond donors (Lipinski definition) is 1. The fourth-order valence-corrected chi connectivity index (χ4v) is 2.98. The van der Waals surface area contributed by atoms with Crippen LogP contribution in [0.1, 0.15) is 17.5 Å². The molecule has 0 unspecified atom stereocenters. The van der Waals surface area contributed by atoms with Crippen molar-refractivity contribution >= 4 is 29.3 Å². The van der Waals surface area contributed by atoms with E-state index in [1.54, 1.807) is 11.8 Å². The standard InChI is InChI=1S/C20H20ClNO2S/c1-3-12-24-18-10-6-15(13-19(18)25-2)7-11-20(23)22-14-16-4-8-17(21)9-5-16/h1,4-6,8-10,13H,7,11-12,14H2,2H3,(H,22,23). The molecule has 1 amide bonds. The predicted molar refractivity (Wildman–Crippen MR) is 104 cm³/mol. The molecule has 0 aliphatic heterocycles. The van der Waals surface area contributed by atoms with Gasteiger partial charge in [-0.05, 0) is 48.1 Å². The average Bonchev–Trinajstić information content (AvgIpc) is 2.64. The second-order valence-corrected chi connectivity index (χ2v) is 6.67. The van der Waals surface area contributed by atoms with Crippen LogP contribution in [0.3, 0.4) is 0 Å². The summed E-state index contributed by atoms with van der Waals surface area (Å²) in [6.07, 6.45) is 8.32. The molecule has 5 heteroatoms. The Hall–Kier alpha value is -2.09. The number of halogens is 1. The van der Waals surface area contributed by atoms with E-state index in [9.17, 15) is 4.79 Å². The van der Waals surface area contributed by atoms with Crippen molar-refractivity contribution in [2.75, 3.05) is 12.9 Å². The molecule has 0 heterocycles. The molecule has 25 heavy (non-hydrogen) atoms. The Morgan fingerprint density at radius 2 is 1.96 bits per heavy atom. The third kappa shape index (κ3) is 6.38. The first-order valence-corrected chi connectivity index (χ1v) is 9.47. The number of carbonyl (C=O) groups is 1. The number of amides is 1. The number of nitrogens with one attached hydrogen (secondary N) is 1. The quantitative estimate of drug-likeness (QED) is 0.553. The summed E-state index contributed by atoms with van der Waals surface area (Å²) < 4.78 is 5.51. The summed E-state index contributed by atoms with van der Waals surface area (Å²) in [5.74, 6) is 3.26. The molecule has 2 rings (SSSR count). The number of terminal acetylenes is 1. The molecular formula is C20H20ClNO2S. The van der Waals surface area contributed by atoms with Crippen molar-refractivity contribution < 1.29 is 9.53 Å². The molecule has 130 valence electrons. The number of carbonyl (C=O) groups excluding carboxylic acids is 1. The van der Waals surface area contributed by atoms with Crippen LogP contribution >= 0.6 is 23.4 Å². The molecule has 0 bridgehead atoms. The minimum absolute atomic E-state index is 0.0216. The smallest absolute Gasteiger partial charge is 0.220 e. The highest BCUT2D eigenvalue weighted by molar-refractivity contribution is 7.98. The van der Waals surface area contributed by atoms with Gasteiger partial charge in [-0.15, -0.1) is 18.2 Å². The zero-order valence-electron chi connectivity index (χ0n) is 14.0. The number of thioether (sulfide) groups is 1. The van der Waals surface area contributed by atoms with Crippen molar-refractivity contribution in [3.63, 3.8) is 0 Å². The molecule has 0 aliphatic rings. The van der Waals surface area contributed by atoms with E-state index in [1.807, 2.05) is 48.7 Å². The third-order valence-electron chi connectivity index (χ3n) is 3.58. The summed E-state index contributed by atoms with van der Waals surface area (Å²) >= 11 is 7.45. The van der Waals surface area contributed by atoms with Crippen molar-refractivity contribution in [3.05, 3.63) is 58.6 Å². The van der Waals surface area contributed by atoms with Crippen molar-refractivity contribution in [2.45, 2.75) is 24.3 Å². The summed E-state index contributed by atoms with van der Waals surface area (Å²) in [6.45, 7) is 0.755. The van der Waals surface area contributed by atoms with Crippen molar-refractivity contribution in [2.24, 2.45) is 0 Å². The molecular weight excluding hydrogens is 354 g/mol. The third-order valence-corrected chi connectivity index (χ3v) is 4.59. The van der Waals surface area contributed by atoms with Gasteiger partial charge in [0.2, 0.25) is 5.91 Å². The minimum Gasteiger partial charge on any atom is -0.480 e. The largest absolute Gasteiger partial charge is 0.480 e. The van der Waals surface area contributed by atoms with Crippen LogP contribution < -0.4 is 10.1 Å². The summed E-state index contributed by atoms with van der Waals surface area (Å²) in [7, 11) is 0. The van der Waals surface area contributed by atoms with E-state index in [0.717, 1.165) is 21.8 Å². The van der Waals surface area contributed by atoms with Gasteiger partial charge in [0.1, 0.15) is 12.4 Å². The van der Waals surface area contributed by atoms with Gasteiger partial charge in [-0.25, -0.2) is 0 Å². The fourth-order valence-electron chi connectivity index (χ4n) is 2.26.